The van der Waals surface area contributed by atoms with E-state index >= 15 is 0 Å². The molecule has 0 bridgehead atoms. The molecule has 0 aliphatic rings. The normalized spacial score (nSPS) is 13.0. The van der Waals surface area contributed by atoms with Crippen LogP contribution in [0.5, 0.6) is 0 Å². The Bertz CT molecular complexity index is 622. The van der Waals surface area contributed by atoms with E-state index in [4.69, 9.17) is 0 Å². The van der Waals surface area contributed by atoms with Crippen LogP contribution in [0.1, 0.15) is 20.8 Å². The fraction of sp³-hybridized carbons (Fsp3) is 0.385. The maximum Gasteiger partial charge on any atom is 0.241 e. The molecule has 0 fully saturated rings. The third kappa shape index (κ3) is 4.83. The van der Waals surface area contributed by atoms with Crippen LogP contribution in [-0.4, -0.2) is 26.3 Å². The molecule has 1 aromatic rings. The summed E-state index contributed by atoms with van der Waals surface area (Å²) in [7, 11) is -3.98. The first-order chi connectivity index (χ1) is 9.63. The van der Waals surface area contributed by atoms with Crippen molar-refractivity contribution in [1.29, 1.82) is 0 Å². The van der Waals surface area contributed by atoms with Gasteiger partial charge in [-0.15, -0.1) is 0 Å². The lowest BCUT2D eigenvalue weighted by atomic mass is 10.1. The molecule has 0 aliphatic carbocycles. The zero-order valence-electron chi connectivity index (χ0n) is 11.9. The van der Waals surface area contributed by atoms with Crippen LogP contribution >= 0.6 is 0 Å². The molecule has 21 heavy (non-hydrogen) atoms. The van der Waals surface area contributed by atoms with Crippen LogP contribution < -0.4 is 15.1 Å². The second-order valence-electron chi connectivity index (χ2n) is 4.87. The number of sulfonamides is 1. The molecule has 0 aromatic heterocycles. The van der Waals surface area contributed by atoms with E-state index in [0.717, 1.165) is 0 Å². The number of anilines is 1. The Hall–Kier alpha value is -1.93. The SMILES string of the molecule is CC(=O)Nc1ccc(S(=O)(=O)N[C@@H](C(=O)[O-])C(C)C)cc1. The van der Waals surface area contributed by atoms with Crippen LogP contribution in [-0.2, 0) is 19.6 Å². The molecule has 0 saturated carbocycles. The van der Waals surface area contributed by atoms with Gasteiger partial charge in [-0.25, -0.2) is 13.1 Å². The van der Waals surface area contributed by atoms with E-state index in [1.807, 2.05) is 0 Å². The van der Waals surface area contributed by atoms with Crippen molar-refractivity contribution in [2.75, 3.05) is 5.32 Å². The third-order valence-corrected chi connectivity index (χ3v) is 4.14. The Labute approximate surface area is 123 Å². The Morgan fingerprint density at radius 2 is 1.67 bits per heavy atom. The molecule has 1 atom stereocenters. The molecule has 1 rings (SSSR count). The highest BCUT2D eigenvalue weighted by Crippen LogP contribution is 2.15. The van der Waals surface area contributed by atoms with Crippen LogP contribution in [0, 0.1) is 5.92 Å². The predicted molar refractivity (Wildman–Crippen MR) is 74.7 cm³/mol. The number of carbonyl (C=O) groups is 2. The molecular weight excluding hydrogens is 296 g/mol. The molecule has 7 nitrogen and oxygen atoms in total. The first kappa shape index (κ1) is 17.1. The first-order valence-electron chi connectivity index (χ1n) is 6.24. The van der Waals surface area contributed by atoms with E-state index in [1.54, 1.807) is 13.8 Å². The highest BCUT2D eigenvalue weighted by Gasteiger charge is 2.23. The van der Waals surface area contributed by atoms with Gasteiger partial charge in [0.25, 0.3) is 0 Å². The number of amides is 1. The summed E-state index contributed by atoms with van der Waals surface area (Å²) in [6.45, 7) is 4.48. The van der Waals surface area contributed by atoms with Gasteiger partial charge in [0, 0.05) is 12.6 Å². The van der Waals surface area contributed by atoms with Crippen molar-refractivity contribution in [3.63, 3.8) is 0 Å². The minimum absolute atomic E-state index is 0.0940. The van der Waals surface area contributed by atoms with E-state index in [0.29, 0.717) is 5.69 Å². The van der Waals surface area contributed by atoms with E-state index in [9.17, 15) is 23.1 Å². The zero-order valence-corrected chi connectivity index (χ0v) is 12.7. The molecule has 0 heterocycles. The Kier molecular flexibility index (Phi) is 5.45. The molecular formula is C13H17N2O5S-. The van der Waals surface area contributed by atoms with Crippen molar-refractivity contribution < 1.29 is 23.1 Å². The number of carboxylic acid groups (broad SMARTS) is 1. The summed E-state index contributed by atoms with van der Waals surface area (Å²) in [5.41, 5.74) is 0.446. The quantitative estimate of drug-likeness (QED) is 0.748. The van der Waals surface area contributed by atoms with Crippen molar-refractivity contribution in [3.05, 3.63) is 24.3 Å². The van der Waals surface area contributed by atoms with Crippen molar-refractivity contribution in [2.45, 2.75) is 31.7 Å². The summed E-state index contributed by atoms with van der Waals surface area (Å²) in [5, 5.41) is 13.4. The average Bonchev–Trinajstić information content (AvgIpc) is 2.35. The van der Waals surface area contributed by atoms with Gasteiger partial charge in [-0.1, -0.05) is 13.8 Å². The molecule has 0 aliphatic heterocycles. The Morgan fingerprint density at radius 3 is 2.05 bits per heavy atom. The fourth-order valence-corrected chi connectivity index (χ4v) is 2.95. The predicted octanol–water partition coefficient (Wildman–Crippen LogP) is -0.302. The number of rotatable bonds is 6. The molecule has 2 N–H and O–H groups in total. The molecule has 8 heteroatoms. The largest absolute Gasteiger partial charge is 0.548 e. The second kappa shape index (κ2) is 6.68. The van der Waals surface area contributed by atoms with Gasteiger partial charge in [0.1, 0.15) is 0 Å². The van der Waals surface area contributed by atoms with Gasteiger partial charge in [0.15, 0.2) is 0 Å². The van der Waals surface area contributed by atoms with Gasteiger partial charge in [-0.2, -0.15) is 0 Å². The first-order valence-corrected chi connectivity index (χ1v) is 7.72. The Balaban J connectivity index is 2.97. The van der Waals surface area contributed by atoms with Gasteiger partial charge in [0.05, 0.1) is 16.9 Å². The number of carbonyl (C=O) groups excluding carboxylic acids is 2. The standard InChI is InChI=1S/C13H18N2O5S/c1-8(2)12(13(17)18)15-21(19,20)11-6-4-10(5-7-11)14-9(3)16/h4-8,12,15H,1-3H3,(H,14,16)(H,17,18)/p-1/t12-/m1/s1. The van der Waals surface area contributed by atoms with Crippen LogP contribution in [0.3, 0.4) is 0 Å². The average molecular weight is 313 g/mol. The van der Waals surface area contributed by atoms with Crippen LogP contribution in [0.2, 0.25) is 0 Å². The fourth-order valence-electron chi connectivity index (χ4n) is 1.61. The van der Waals surface area contributed by atoms with Crippen molar-refractivity contribution in [1.82, 2.24) is 4.72 Å². The molecule has 1 aromatic carbocycles. The summed E-state index contributed by atoms with van der Waals surface area (Å²) in [6.07, 6.45) is 0. The molecule has 0 unspecified atom stereocenters. The third-order valence-electron chi connectivity index (χ3n) is 2.69. The summed E-state index contributed by atoms with van der Waals surface area (Å²) in [5.74, 6) is -2.22. The van der Waals surface area contributed by atoms with Gasteiger partial charge in [-0.05, 0) is 30.2 Å². The Morgan fingerprint density at radius 1 is 1.14 bits per heavy atom. The molecule has 0 spiro atoms. The van der Waals surface area contributed by atoms with E-state index in [-0.39, 0.29) is 10.8 Å². The number of hydrogen-bond donors (Lipinski definition) is 2. The number of aliphatic carboxylic acids is 1. The monoisotopic (exact) mass is 313 g/mol. The van der Waals surface area contributed by atoms with Gasteiger partial charge in [0.2, 0.25) is 15.9 Å². The van der Waals surface area contributed by atoms with E-state index < -0.39 is 28.0 Å². The lowest BCUT2D eigenvalue weighted by Crippen LogP contribution is -2.50. The summed E-state index contributed by atoms with van der Waals surface area (Å²) in [4.78, 5) is 21.7. The highest BCUT2D eigenvalue weighted by atomic mass is 32.2. The number of benzene rings is 1. The van der Waals surface area contributed by atoms with Crippen molar-refractivity contribution >= 4 is 27.6 Å². The number of hydrogen-bond acceptors (Lipinski definition) is 5. The lowest BCUT2D eigenvalue weighted by Gasteiger charge is -2.23. The maximum absolute atomic E-state index is 12.1. The topological polar surface area (TPSA) is 115 Å². The molecule has 1 amide bonds. The van der Waals surface area contributed by atoms with Crippen LogP contribution in [0.25, 0.3) is 0 Å². The maximum atomic E-state index is 12.1. The van der Waals surface area contributed by atoms with Crippen molar-refractivity contribution in [2.24, 2.45) is 5.92 Å². The minimum atomic E-state index is -3.98. The van der Waals surface area contributed by atoms with E-state index in [1.165, 1.54) is 31.2 Å². The second-order valence-corrected chi connectivity index (χ2v) is 6.58. The minimum Gasteiger partial charge on any atom is -0.548 e. The molecule has 0 saturated heterocycles. The summed E-state index contributed by atoms with van der Waals surface area (Å²) in [6, 6.07) is 4.07. The van der Waals surface area contributed by atoms with Gasteiger partial charge >= 0.3 is 0 Å². The van der Waals surface area contributed by atoms with E-state index in [2.05, 4.69) is 10.0 Å². The molecule has 116 valence electrons. The zero-order chi connectivity index (χ0) is 16.2. The summed E-state index contributed by atoms with van der Waals surface area (Å²) >= 11 is 0. The lowest BCUT2D eigenvalue weighted by molar-refractivity contribution is -0.309. The van der Waals surface area contributed by atoms with Crippen LogP contribution in [0.4, 0.5) is 5.69 Å². The number of nitrogens with one attached hydrogen (secondary N) is 2. The van der Waals surface area contributed by atoms with Gasteiger partial charge < -0.3 is 15.2 Å². The number of carboxylic acids is 1. The van der Waals surface area contributed by atoms with Crippen LogP contribution in [0.15, 0.2) is 29.2 Å². The van der Waals surface area contributed by atoms with Gasteiger partial charge in [-0.3, -0.25) is 4.79 Å². The molecule has 0 radical (unpaired) electrons. The summed E-state index contributed by atoms with van der Waals surface area (Å²) < 4.78 is 26.3. The van der Waals surface area contributed by atoms with Crippen molar-refractivity contribution in [3.8, 4) is 0 Å². The highest BCUT2D eigenvalue weighted by molar-refractivity contribution is 7.89. The smallest absolute Gasteiger partial charge is 0.241 e.